The van der Waals surface area contributed by atoms with E-state index < -0.39 is 23.8 Å². The molecule has 0 saturated heterocycles. The summed E-state index contributed by atoms with van der Waals surface area (Å²) in [7, 11) is 0. The van der Waals surface area contributed by atoms with E-state index in [9.17, 15) is 9.59 Å². The van der Waals surface area contributed by atoms with Crippen LogP contribution >= 0.6 is 11.6 Å². The lowest BCUT2D eigenvalue weighted by Crippen LogP contribution is -2.49. The van der Waals surface area contributed by atoms with Crippen molar-refractivity contribution in [3.8, 4) is 5.75 Å². The summed E-state index contributed by atoms with van der Waals surface area (Å²) >= 11 is 6.03. The lowest BCUT2D eigenvalue weighted by Gasteiger charge is -2.35. The van der Waals surface area contributed by atoms with Gasteiger partial charge in [0.1, 0.15) is 5.60 Å². The average Bonchev–Trinajstić information content (AvgIpc) is 2.44. The van der Waals surface area contributed by atoms with Crippen LogP contribution in [-0.4, -0.2) is 36.9 Å². The highest BCUT2D eigenvalue weighted by molar-refractivity contribution is 6.31. The van der Waals surface area contributed by atoms with Gasteiger partial charge < -0.3 is 19.9 Å². The van der Waals surface area contributed by atoms with Crippen LogP contribution in [0.2, 0.25) is 5.02 Å². The van der Waals surface area contributed by atoms with E-state index in [4.69, 9.17) is 31.5 Å². The summed E-state index contributed by atoms with van der Waals surface area (Å²) in [4.78, 5) is 25.9. The van der Waals surface area contributed by atoms with E-state index in [1.807, 2.05) is 0 Å². The molecule has 1 atom stereocenters. The van der Waals surface area contributed by atoms with Gasteiger partial charge >= 0.3 is 12.1 Å². The van der Waals surface area contributed by atoms with E-state index in [1.165, 1.54) is 11.0 Å². The number of anilines is 2. The summed E-state index contributed by atoms with van der Waals surface area (Å²) in [6, 6.07) is 3.03. The maximum atomic E-state index is 12.5. The first-order valence-corrected chi connectivity index (χ1v) is 7.93. The monoisotopic (exact) mass is 356 g/mol. The summed E-state index contributed by atoms with van der Waals surface area (Å²) in [5.74, 6) is -0.374. The van der Waals surface area contributed by atoms with Crippen molar-refractivity contribution in [1.82, 2.24) is 0 Å². The summed E-state index contributed by atoms with van der Waals surface area (Å²) in [5, 5.41) is 0.345. The number of nitrogen functional groups attached to an aromatic ring is 1. The van der Waals surface area contributed by atoms with Gasteiger partial charge in [-0.25, -0.2) is 9.59 Å². The molecule has 8 heteroatoms. The van der Waals surface area contributed by atoms with Crippen molar-refractivity contribution in [2.45, 2.75) is 39.4 Å². The van der Waals surface area contributed by atoms with Crippen LogP contribution in [0, 0.1) is 0 Å². The summed E-state index contributed by atoms with van der Waals surface area (Å²) in [6.45, 7) is 7.09. The second-order valence-corrected chi connectivity index (χ2v) is 6.73. The Balaban J connectivity index is 2.41. The molecule has 1 unspecified atom stereocenters. The number of carbonyl (C=O) groups is 2. The Labute approximate surface area is 145 Å². The zero-order chi connectivity index (χ0) is 18.1. The van der Waals surface area contributed by atoms with E-state index in [2.05, 4.69) is 0 Å². The quantitative estimate of drug-likeness (QED) is 0.647. The van der Waals surface area contributed by atoms with Crippen LogP contribution < -0.4 is 15.4 Å². The molecular weight excluding hydrogens is 336 g/mol. The number of esters is 1. The van der Waals surface area contributed by atoms with Crippen molar-refractivity contribution in [2.75, 3.05) is 23.8 Å². The molecule has 0 radical (unpaired) electrons. The van der Waals surface area contributed by atoms with Gasteiger partial charge in [0.25, 0.3) is 0 Å². The van der Waals surface area contributed by atoms with Crippen molar-refractivity contribution >= 4 is 35.0 Å². The first-order chi connectivity index (χ1) is 11.1. The number of carbonyl (C=O) groups excluding carboxylic acids is 2. The van der Waals surface area contributed by atoms with Crippen LogP contribution in [0.25, 0.3) is 0 Å². The highest BCUT2D eigenvalue weighted by atomic mass is 35.5. The molecule has 0 bridgehead atoms. The minimum atomic E-state index is -0.992. The third kappa shape index (κ3) is 4.03. The van der Waals surface area contributed by atoms with Crippen LogP contribution in [0.4, 0.5) is 16.2 Å². The molecule has 0 spiro atoms. The third-order valence-electron chi connectivity index (χ3n) is 3.13. The van der Waals surface area contributed by atoms with Crippen molar-refractivity contribution in [3.05, 3.63) is 17.2 Å². The second kappa shape index (κ2) is 6.76. The predicted octanol–water partition coefficient (Wildman–Crippen LogP) is 2.99. The number of rotatable bonds is 2. The smallest absolute Gasteiger partial charge is 0.415 e. The molecule has 7 nitrogen and oxygen atoms in total. The lowest BCUT2D eigenvalue weighted by molar-refractivity contribution is -0.151. The first-order valence-electron chi connectivity index (χ1n) is 7.55. The van der Waals surface area contributed by atoms with Crippen LogP contribution in [0.3, 0.4) is 0 Å². The number of fused-ring (bicyclic) bond motifs is 1. The Morgan fingerprint density at radius 1 is 1.42 bits per heavy atom. The van der Waals surface area contributed by atoms with E-state index in [0.717, 1.165) is 0 Å². The number of hydrogen-bond donors (Lipinski definition) is 1. The van der Waals surface area contributed by atoms with Crippen molar-refractivity contribution in [1.29, 1.82) is 0 Å². The van der Waals surface area contributed by atoms with E-state index in [-0.39, 0.29) is 24.6 Å². The van der Waals surface area contributed by atoms with Gasteiger partial charge in [-0.1, -0.05) is 11.6 Å². The van der Waals surface area contributed by atoms with Gasteiger partial charge in [0, 0.05) is 5.02 Å². The van der Waals surface area contributed by atoms with Gasteiger partial charge in [-0.05, 0) is 39.8 Å². The second-order valence-electron chi connectivity index (χ2n) is 6.29. The molecule has 1 aromatic rings. The zero-order valence-electron chi connectivity index (χ0n) is 14.1. The molecule has 1 amide bonds. The molecule has 132 valence electrons. The maximum absolute atomic E-state index is 12.5. The molecular formula is C16H21ClN2O5. The largest absolute Gasteiger partial charge is 0.472 e. The number of ether oxygens (including phenoxy) is 3. The van der Waals surface area contributed by atoms with Crippen molar-refractivity contribution in [3.63, 3.8) is 0 Å². The highest BCUT2D eigenvalue weighted by Crippen LogP contribution is 2.41. The van der Waals surface area contributed by atoms with Gasteiger partial charge in [-0.15, -0.1) is 0 Å². The molecule has 0 aromatic heterocycles. The number of amides is 1. The van der Waals surface area contributed by atoms with Gasteiger partial charge in [-0.2, -0.15) is 0 Å². The highest BCUT2D eigenvalue weighted by Gasteiger charge is 2.38. The molecule has 1 aliphatic heterocycles. The van der Waals surface area contributed by atoms with E-state index in [1.54, 1.807) is 33.8 Å². The normalized spacial score (nSPS) is 16.9. The number of nitrogens with zero attached hydrogens (tertiary/aromatic N) is 1. The van der Waals surface area contributed by atoms with Crippen LogP contribution in [0.5, 0.6) is 5.75 Å². The van der Waals surface area contributed by atoms with E-state index in [0.29, 0.717) is 10.7 Å². The number of hydrogen-bond acceptors (Lipinski definition) is 6. The van der Waals surface area contributed by atoms with Gasteiger partial charge in [-0.3, -0.25) is 4.90 Å². The molecule has 0 aliphatic carbocycles. The predicted molar refractivity (Wildman–Crippen MR) is 90.5 cm³/mol. The number of benzene rings is 1. The first kappa shape index (κ1) is 18.2. The molecule has 2 rings (SSSR count). The van der Waals surface area contributed by atoms with Gasteiger partial charge in [0.05, 0.1) is 24.5 Å². The molecule has 1 aromatic carbocycles. The fourth-order valence-corrected chi connectivity index (χ4v) is 2.44. The third-order valence-corrected chi connectivity index (χ3v) is 3.34. The molecule has 0 saturated carbocycles. The molecule has 24 heavy (non-hydrogen) atoms. The van der Waals surface area contributed by atoms with Crippen LogP contribution in [0.1, 0.15) is 27.7 Å². The Kier molecular flexibility index (Phi) is 5.13. The Morgan fingerprint density at radius 3 is 2.67 bits per heavy atom. The van der Waals surface area contributed by atoms with Crippen molar-refractivity contribution < 1.29 is 23.8 Å². The SMILES string of the molecule is CCOC(=O)C1CN(C(=O)OC(C)(C)C)c2cc(Cl)cc(N)c2O1. The fraction of sp³-hybridized carbons (Fsp3) is 0.500. The Hall–Kier alpha value is -2.15. The molecule has 0 fully saturated rings. The molecule has 1 aliphatic rings. The minimum Gasteiger partial charge on any atom is -0.472 e. The fourth-order valence-electron chi connectivity index (χ4n) is 2.22. The number of halogens is 1. The van der Waals surface area contributed by atoms with Crippen LogP contribution in [0.15, 0.2) is 12.1 Å². The molecule has 1 heterocycles. The number of nitrogens with two attached hydrogens (primary N) is 1. The summed E-state index contributed by atoms with van der Waals surface area (Å²) in [5.41, 5.74) is 5.81. The topological polar surface area (TPSA) is 91.1 Å². The molecule has 2 N–H and O–H groups in total. The van der Waals surface area contributed by atoms with E-state index >= 15 is 0 Å². The van der Waals surface area contributed by atoms with Crippen molar-refractivity contribution in [2.24, 2.45) is 0 Å². The lowest BCUT2D eigenvalue weighted by atomic mass is 10.1. The summed E-state index contributed by atoms with van der Waals surface area (Å²) in [6.07, 6.45) is -1.61. The zero-order valence-corrected chi connectivity index (χ0v) is 14.8. The van der Waals surface area contributed by atoms with Crippen LogP contribution in [-0.2, 0) is 14.3 Å². The standard InChI is InChI=1S/C16H21ClN2O5/c1-5-22-14(20)12-8-19(15(21)24-16(2,3)4)11-7-9(17)6-10(18)13(11)23-12/h6-7,12H,5,8,18H2,1-4H3. The summed E-state index contributed by atoms with van der Waals surface area (Å²) < 4.78 is 16.0. The Morgan fingerprint density at radius 2 is 2.08 bits per heavy atom. The van der Waals surface area contributed by atoms with Gasteiger partial charge in [0.15, 0.2) is 5.75 Å². The average molecular weight is 357 g/mol. The van der Waals surface area contributed by atoms with Gasteiger partial charge in [0.2, 0.25) is 6.10 Å². The minimum absolute atomic E-state index is 0.0550. The Bertz CT molecular complexity index is 657. The maximum Gasteiger partial charge on any atom is 0.415 e.